The number of carbonyl (C=O) groups is 1. The average Bonchev–Trinajstić information content (AvgIpc) is 2.38. The number of rotatable bonds is 3. The van der Waals surface area contributed by atoms with Gasteiger partial charge in [-0.15, -0.1) is 0 Å². The molecule has 0 fully saturated rings. The molecule has 0 bridgehead atoms. The van der Waals surface area contributed by atoms with E-state index >= 15 is 0 Å². The predicted molar refractivity (Wildman–Crippen MR) is 78.3 cm³/mol. The number of pyridine rings is 1. The summed E-state index contributed by atoms with van der Waals surface area (Å²) >= 11 is 9.06. The number of hydrogen-bond donors (Lipinski definition) is 2. The molecule has 100 valence electrons. The molecule has 20 heavy (non-hydrogen) atoms. The van der Waals surface area contributed by atoms with Gasteiger partial charge in [0.2, 0.25) is 0 Å². The minimum absolute atomic E-state index is 0.0294. The SMILES string of the molecule is N#Cc1ccc(Br)cc1Nc1nc(Cl)ccc1C(=O)O. The highest BCUT2D eigenvalue weighted by Crippen LogP contribution is 2.26. The monoisotopic (exact) mass is 351 g/mol. The third kappa shape index (κ3) is 3.07. The first-order chi connectivity index (χ1) is 9.51. The molecule has 0 radical (unpaired) electrons. The van der Waals surface area contributed by atoms with E-state index in [1.165, 1.54) is 12.1 Å². The van der Waals surface area contributed by atoms with Crippen molar-refractivity contribution >= 4 is 45.0 Å². The number of nitriles is 1. The molecule has 0 saturated carbocycles. The summed E-state index contributed by atoms with van der Waals surface area (Å²) in [4.78, 5) is 15.1. The Morgan fingerprint density at radius 1 is 1.40 bits per heavy atom. The summed E-state index contributed by atoms with van der Waals surface area (Å²) in [6.45, 7) is 0. The lowest BCUT2D eigenvalue weighted by atomic mass is 10.2. The summed E-state index contributed by atoms with van der Waals surface area (Å²) in [6, 6.07) is 9.74. The fraction of sp³-hybridized carbons (Fsp3) is 0. The molecule has 0 amide bonds. The molecule has 0 atom stereocenters. The summed E-state index contributed by atoms with van der Waals surface area (Å²) in [5, 5.41) is 21.2. The molecule has 7 heteroatoms. The maximum atomic E-state index is 11.1. The van der Waals surface area contributed by atoms with Crippen molar-refractivity contribution in [2.75, 3.05) is 5.32 Å². The lowest BCUT2D eigenvalue weighted by molar-refractivity contribution is 0.0697. The molecule has 0 aliphatic rings. The molecule has 1 aromatic carbocycles. The second kappa shape index (κ2) is 5.90. The molecule has 0 saturated heterocycles. The fourth-order valence-corrected chi connectivity index (χ4v) is 2.06. The minimum Gasteiger partial charge on any atom is -0.478 e. The lowest BCUT2D eigenvalue weighted by Crippen LogP contribution is -2.05. The van der Waals surface area contributed by atoms with Crippen molar-refractivity contribution in [2.24, 2.45) is 0 Å². The average molecular weight is 353 g/mol. The highest BCUT2D eigenvalue weighted by Gasteiger charge is 2.14. The van der Waals surface area contributed by atoms with Crippen molar-refractivity contribution in [3.63, 3.8) is 0 Å². The smallest absolute Gasteiger partial charge is 0.339 e. The first-order valence-electron chi connectivity index (χ1n) is 5.38. The van der Waals surface area contributed by atoms with Gasteiger partial charge in [0.25, 0.3) is 0 Å². The zero-order valence-electron chi connectivity index (χ0n) is 9.89. The Morgan fingerprint density at radius 3 is 2.80 bits per heavy atom. The second-order valence-corrected chi connectivity index (χ2v) is 5.06. The topological polar surface area (TPSA) is 86.0 Å². The summed E-state index contributed by atoms with van der Waals surface area (Å²) in [7, 11) is 0. The number of aromatic nitrogens is 1. The van der Waals surface area contributed by atoms with Crippen molar-refractivity contribution in [3.8, 4) is 6.07 Å². The number of aromatic carboxylic acids is 1. The van der Waals surface area contributed by atoms with Crippen LogP contribution in [0.15, 0.2) is 34.8 Å². The van der Waals surface area contributed by atoms with E-state index in [2.05, 4.69) is 26.2 Å². The molecule has 2 aromatic rings. The van der Waals surface area contributed by atoms with Crippen LogP contribution in [0.1, 0.15) is 15.9 Å². The van der Waals surface area contributed by atoms with E-state index in [1.54, 1.807) is 18.2 Å². The Kier molecular flexibility index (Phi) is 4.23. The van der Waals surface area contributed by atoms with E-state index in [9.17, 15) is 4.79 Å². The van der Waals surface area contributed by atoms with E-state index in [0.717, 1.165) is 4.47 Å². The zero-order valence-corrected chi connectivity index (χ0v) is 12.2. The fourth-order valence-electron chi connectivity index (χ4n) is 1.55. The van der Waals surface area contributed by atoms with Crippen LogP contribution in [0.3, 0.4) is 0 Å². The normalized spacial score (nSPS) is 9.85. The molecular weight excluding hydrogens is 346 g/mol. The molecule has 1 heterocycles. The van der Waals surface area contributed by atoms with Crippen molar-refractivity contribution < 1.29 is 9.90 Å². The van der Waals surface area contributed by atoms with Crippen LogP contribution in [0.25, 0.3) is 0 Å². The number of carboxylic acids is 1. The van der Waals surface area contributed by atoms with E-state index in [1.807, 2.05) is 6.07 Å². The van der Waals surface area contributed by atoms with Crippen LogP contribution in [-0.4, -0.2) is 16.1 Å². The van der Waals surface area contributed by atoms with Gasteiger partial charge >= 0.3 is 5.97 Å². The van der Waals surface area contributed by atoms with E-state index in [4.69, 9.17) is 22.0 Å². The lowest BCUT2D eigenvalue weighted by Gasteiger charge is -2.10. The minimum atomic E-state index is -1.13. The first-order valence-corrected chi connectivity index (χ1v) is 6.55. The molecule has 0 aliphatic heterocycles. The van der Waals surface area contributed by atoms with Gasteiger partial charge in [-0.25, -0.2) is 9.78 Å². The van der Waals surface area contributed by atoms with Gasteiger partial charge in [0.05, 0.1) is 11.3 Å². The van der Waals surface area contributed by atoms with Crippen LogP contribution in [0.4, 0.5) is 11.5 Å². The van der Waals surface area contributed by atoms with Gasteiger partial charge in [-0.1, -0.05) is 27.5 Å². The summed E-state index contributed by atoms with van der Waals surface area (Å²) in [5.74, 6) is -1.05. The number of benzene rings is 1. The van der Waals surface area contributed by atoms with Gasteiger partial charge < -0.3 is 10.4 Å². The van der Waals surface area contributed by atoms with Crippen molar-refractivity contribution in [2.45, 2.75) is 0 Å². The number of hydrogen-bond acceptors (Lipinski definition) is 4. The Morgan fingerprint density at radius 2 is 2.15 bits per heavy atom. The zero-order chi connectivity index (χ0) is 14.7. The van der Waals surface area contributed by atoms with Crippen LogP contribution in [-0.2, 0) is 0 Å². The van der Waals surface area contributed by atoms with Gasteiger partial charge in [0.15, 0.2) is 0 Å². The Bertz CT molecular complexity index is 728. The van der Waals surface area contributed by atoms with Gasteiger partial charge in [0, 0.05) is 4.47 Å². The van der Waals surface area contributed by atoms with Crippen molar-refractivity contribution in [1.29, 1.82) is 5.26 Å². The molecular formula is C13H7BrClN3O2. The second-order valence-electron chi connectivity index (χ2n) is 3.76. The third-order valence-corrected chi connectivity index (χ3v) is 3.15. The first kappa shape index (κ1) is 14.3. The van der Waals surface area contributed by atoms with Crippen LogP contribution < -0.4 is 5.32 Å². The molecule has 5 nitrogen and oxygen atoms in total. The quantitative estimate of drug-likeness (QED) is 0.820. The molecule has 0 aliphatic carbocycles. The highest BCUT2D eigenvalue weighted by molar-refractivity contribution is 9.10. The van der Waals surface area contributed by atoms with Crippen LogP contribution >= 0.6 is 27.5 Å². The van der Waals surface area contributed by atoms with E-state index in [0.29, 0.717) is 11.3 Å². The maximum absolute atomic E-state index is 11.1. The Balaban J connectivity index is 2.50. The summed E-state index contributed by atoms with van der Waals surface area (Å²) in [5.41, 5.74) is 0.781. The standard InChI is InChI=1S/C13H7BrClN3O2/c14-8-2-1-7(6-16)10(5-8)17-12-9(13(19)20)3-4-11(15)18-12/h1-5H,(H,17,18)(H,19,20). The van der Waals surface area contributed by atoms with Crippen LogP contribution in [0.5, 0.6) is 0 Å². The summed E-state index contributed by atoms with van der Waals surface area (Å²) < 4.78 is 0.748. The van der Waals surface area contributed by atoms with Crippen LogP contribution in [0.2, 0.25) is 5.15 Å². The molecule has 0 unspecified atom stereocenters. The number of anilines is 2. The number of nitrogens with zero attached hydrogens (tertiary/aromatic N) is 2. The Hall–Kier alpha value is -2.10. The molecule has 1 aromatic heterocycles. The van der Waals surface area contributed by atoms with Gasteiger partial charge in [-0.2, -0.15) is 5.26 Å². The summed E-state index contributed by atoms with van der Waals surface area (Å²) in [6.07, 6.45) is 0. The van der Waals surface area contributed by atoms with Gasteiger partial charge in [-0.05, 0) is 30.3 Å². The third-order valence-electron chi connectivity index (χ3n) is 2.45. The van der Waals surface area contributed by atoms with Crippen molar-refractivity contribution in [1.82, 2.24) is 4.98 Å². The molecule has 0 spiro atoms. The Labute approximate surface area is 128 Å². The highest BCUT2D eigenvalue weighted by atomic mass is 79.9. The number of nitrogens with one attached hydrogen (secondary N) is 1. The number of carboxylic acid groups (broad SMARTS) is 1. The predicted octanol–water partition coefficient (Wildman–Crippen LogP) is 3.81. The van der Waals surface area contributed by atoms with E-state index < -0.39 is 5.97 Å². The largest absolute Gasteiger partial charge is 0.478 e. The maximum Gasteiger partial charge on any atom is 0.339 e. The van der Waals surface area contributed by atoms with Gasteiger partial charge in [-0.3, -0.25) is 0 Å². The molecule has 2 rings (SSSR count). The van der Waals surface area contributed by atoms with Crippen molar-refractivity contribution in [3.05, 3.63) is 51.1 Å². The molecule has 2 N–H and O–H groups in total. The number of halogens is 2. The van der Waals surface area contributed by atoms with E-state index in [-0.39, 0.29) is 16.5 Å². The van der Waals surface area contributed by atoms with Crippen LogP contribution in [0, 0.1) is 11.3 Å². The van der Waals surface area contributed by atoms with Gasteiger partial charge in [0.1, 0.15) is 22.6 Å².